The second-order valence-corrected chi connectivity index (χ2v) is 4.30. The van der Waals surface area contributed by atoms with Gasteiger partial charge in [0.25, 0.3) is 0 Å². The lowest BCUT2D eigenvalue weighted by Gasteiger charge is -2.31. The summed E-state index contributed by atoms with van der Waals surface area (Å²) in [5.41, 5.74) is 0. The highest BCUT2D eigenvalue weighted by Crippen LogP contribution is 2.45. The molecule has 1 saturated carbocycles. The number of piperidine rings is 1. The van der Waals surface area contributed by atoms with Crippen molar-refractivity contribution >= 4 is 0 Å². The quantitative estimate of drug-likeness (QED) is 0.587. The maximum atomic E-state index is 2.67. The molecule has 1 heterocycles. The molecular weight excluding hydrogens is 134 g/mol. The molecule has 1 saturated heterocycles. The maximum Gasteiger partial charge on any atom is 0.00644 e. The molecule has 0 spiro atoms. The van der Waals surface area contributed by atoms with Gasteiger partial charge in [-0.15, -0.1) is 0 Å². The fraction of sp³-hybridized carbons (Fsp3) is 1.00. The van der Waals surface area contributed by atoms with Crippen molar-refractivity contribution in [1.82, 2.24) is 4.90 Å². The van der Waals surface area contributed by atoms with Gasteiger partial charge in [-0.05, 0) is 44.6 Å². The van der Waals surface area contributed by atoms with Gasteiger partial charge in [0.2, 0.25) is 0 Å². The normalized spacial score (nSPS) is 39.8. The SMILES string of the molecule is CCC(C)N1CCC2CC2C1. The Hall–Kier alpha value is -0.0400. The molecule has 3 unspecified atom stereocenters. The molecule has 0 aromatic carbocycles. The van der Waals surface area contributed by atoms with Crippen LogP contribution in [-0.4, -0.2) is 24.0 Å². The Morgan fingerprint density at radius 3 is 2.91 bits per heavy atom. The monoisotopic (exact) mass is 153 g/mol. The Bertz CT molecular complexity index is 144. The van der Waals surface area contributed by atoms with Gasteiger partial charge in [0.05, 0.1) is 0 Å². The Kier molecular flexibility index (Phi) is 1.92. The van der Waals surface area contributed by atoms with E-state index in [0.717, 1.165) is 17.9 Å². The minimum atomic E-state index is 0.830. The molecule has 0 aromatic rings. The van der Waals surface area contributed by atoms with Gasteiger partial charge in [-0.1, -0.05) is 6.92 Å². The van der Waals surface area contributed by atoms with Gasteiger partial charge in [-0.25, -0.2) is 0 Å². The third-order valence-corrected chi connectivity index (χ3v) is 3.54. The molecule has 2 fully saturated rings. The first-order chi connectivity index (χ1) is 5.31. The summed E-state index contributed by atoms with van der Waals surface area (Å²) in [6, 6.07) is 0.830. The Morgan fingerprint density at radius 2 is 2.27 bits per heavy atom. The second kappa shape index (κ2) is 2.78. The third-order valence-electron chi connectivity index (χ3n) is 3.54. The van der Waals surface area contributed by atoms with Crippen LogP contribution in [0.15, 0.2) is 0 Å². The number of hydrogen-bond donors (Lipinski definition) is 0. The van der Waals surface area contributed by atoms with Crippen LogP contribution in [-0.2, 0) is 0 Å². The van der Waals surface area contributed by atoms with Crippen molar-refractivity contribution in [2.45, 2.75) is 39.2 Å². The molecule has 2 aliphatic rings. The molecule has 0 N–H and O–H groups in total. The lowest BCUT2D eigenvalue weighted by atomic mass is 10.1. The van der Waals surface area contributed by atoms with Crippen LogP contribution >= 0.6 is 0 Å². The van der Waals surface area contributed by atoms with E-state index in [0.29, 0.717) is 0 Å². The Morgan fingerprint density at radius 1 is 1.45 bits per heavy atom. The van der Waals surface area contributed by atoms with Gasteiger partial charge in [-0.3, -0.25) is 0 Å². The highest BCUT2D eigenvalue weighted by atomic mass is 15.2. The minimum Gasteiger partial charge on any atom is -0.300 e. The van der Waals surface area contributed by atoms with Crippen molar-refractivity contribution in [3.05, 3.63) is 0 Å². The van der Waals surface area contributed by atoms with Crippen LogP contribution in [0.5, 0.6) is 0 Å². The smallest absolute Gasteiger partial charge is 0.00644 e. The summed E-state index contributed by atoms with van der Waals surface area (Å²) < 4.78 is 0. The van der Waals surface area contributed by atoms with Crippen LogP contribution in [0.2, 0.25) is 0 Å². The fourth-order valence-electron chi connectivity index (χ4n) is 2.27. The van der Waals surface area contributed by atoms with Crippen molar-refractivity contribution in [1.29, 1.82) is 0 Å². The minimum absolute atomic E-state index is 0.830. The number of likely N-dealkylation sites (tertiary alicyclic amines) is 1. The first kappa shape index (κ1) is 7.60. The molecule has 0 bridgehead atoms. The molecule has 11 heavy (non-hydrogen) atoms. The van der Waals surface area contributed by atoms with Crippen LogP contribution in [0.25, 0.3) is 0 Å². The van der Waals surface area contributed by atoms with Crippen LogP contribution in [0, 0.1) is 11.8 Å². The molecule has 0 amide bonds. The summed E-state index contributed by atoms with van der Waals surface area (Å²) in [7, 11) is 0. The summed E-state index contributed by atoms with van der Waals surface area (Å²) in [4.78, 5) is 2.67. The summed E-state index contributed by atoms with van der Waals surface area (Å²) >= 11 is 0. The standard InChI is InChI=1S/C10H19N/c1-3-8(2)11-5-4-9-6-10(9)7-11/h8-10H,3-7H2,1-2H3. The molecule has 64 valence electrons. The first-order valence-corrected chi connectivity index (χ1v) is 5.05. The predicted octanol–water partition coefficient (Wildman–Crippen LogP) is 2.13. The van der Waals surface area contributed by atoms with E-state index < -0.39 is 0 Å². The third kappa shape index (κ3) is 1.44. The molecule has 0 aromatic heterocycles. The zero-order valence-corrected chi connectivity index (χ0v) is 7.71. The Balaban J connectivity index is 1.84. The van der Waals surface area contributed by atoms with Crippen molar-refractivity contribution in [3.63, 3.8) is 0 Å². The van der Waals surface area contributed by atoms with Crippen molar-refractivity contribution in [2.24, 2.45) is 11.8 Å². The summed E-state index contributed by atoms with van der Waals surface area (Å²) in [6.07, 6.45) is 4.33. The molecule has 1 nitrogen and oxygen atoms in total. The van der Waals surface area contributed by atoms with E-state index in [1.807, 2.05) is 0 Å². The summed E-state index contributed by atoms with van der Waals surface area (Å²) in [6.45, 7) is 7.43. The van der Waals surface area contributed by atoms with Gasteiger partial charge in [0.1, 0.15) is 0 Å². The topological polar surface area (TPSA) is 3.24 Å². The molecule has 1 aliphatic heterocycles. The van der Waals surface area contributed by atoms with Gasteiger partial charge < -0.3 is 4.90 Å². The van der Waals surface area contributed by atoms with Crippen LogP contribution < -0.4 is 0 Å². The average molecular weight is 153 g/mol. The molecule has 0 radical (unpaired) electrons. The van der Waals surface area contributed by atoms with E-state index in [9.17, 15) is 0 Å². The van der Waals surface area contributed by atoms with E-state index in [4.69, 9.17) is 0 Å². The zero-order valence-electron chi connectivity index (χ0n) is 7.71. The lowest BCUT2D eigenvalue weighted by Crippen LogP contribution is -2.38. The van der Waals surface area contributed by atoms with Crippen molar-refractivity contribution < 1.29 is 0 Å². The van der Waals surface area contributed by atoms with E-state index in [-0.39, 0.29) is 0 Å². The highest BCUT2D eigenvalue weighted by molar-refractivity contribution is 4.93. The largest absolute Gasteiger partial charge is 0.300 e. The Labute approximate surface area is 69.8 Å². The van der Waals surface area contributed by atoms with E-state index in [1.54, 1.807) is 0 Å². The van der Waals surface area contributed by atoms with Gasteiger partial charge in [0, 0.05) is 12.6 Å². The van der Waals surface area contributed by atoms with Crippen molar-refractivity contribution in [3.8, 4) is 0 Å². The highest BCUT2D eigenvalue weighted by Gasteiger charge is 2.41. The zero-order chi connectivity index (χ0) is 7.84. The van der Waals surface area contributed by atoms with Crippen LogP contribution in [0.1, 0.15) is 33.1 Å². The number of rotatable bonds is 2. The molecule has 3 atom stereocenters. The van der Waals surface area contributed by atoms with Crippen LogP contribution in [0.3, 0.4) is 0 Å². The van der Waals surface area contributed by atoms with E-state index in [1.165, 1.54) is 32.4 Å². The molecule has 1 aliphatic carbocycles. The molecular formula is C10H19N. The predicted molar refractivity (Wildman–Crippen MR) is 47.5 cm³/mol. The molecule has 2 rings (SSSR count). The second-order valence-electron chi connectivity index (χ2n) is 4.30. The van der Waals surface area contributed by atoms with E-state index >= 15 is 0 Å². The average Bonchev–Trinajstić information content (AvgIpc) is 2.80. The van der Waals surface area contributed by atoms with Gasteiger partial charge in [0.15, 0.2) is 0 Å². The van der Waals surface area contributed by atoms with Crippen molar-refractivity contribution in [2.75, 3.05) is 13.1 Å². The molecule has 1 heteroatoms. The lowest BCUT2D eigenvalue weighted by molar-refractivity contribution is 0.163. The number of fused-ring (bicyclic) bond motifs is 1. The first-order valence-electron chi connectivity index (χ1n) is 5.05. The van der Waals surface area contributed by atoms with E-state index in [2.05, 4.69) is 18.7 Å². The summed E-state index contributed by atoms with van der Waals surface area (Å²) in [5, 5.41) is 0. The van der Waals surface area contributed by atoms with Gasteiger partial charge in [-0.2, -0.15) is 0 Å². The summed E-state index contributed by atoms with van der Waals surface area (Å²) in [5.74, 6) is 2.23. The fourth-order valence-corrected chi connectivity index (χ4v) is 2.27. The van der Waals surface area contributed by atoms with Gasteiger partial charge >= 0.3 is 0 Å². The van der Waals surface area contributed by atoms with Crippen LogP contribution in [0.4, 0.5) is 0 Å². The number of nitrogens with zero attached hydrogens (tertiary/aromatic N) is 1. The number of hydrogen-bond acceptors (Lipinski definition) is 1. The maximum absolute atomic E-state index is 2.67.